The van der Waals surface area contributed by atoms with Crippen molar-refractivity contribution in [3.8, 4) is 11.3 Å². The highest BCUT2D eigenvalue weighted by atomic mass is 35.5. The van der Waals surface area contributed by atoms with E-state index in [2.05, 4.69) is 24.1 Å². The number of nitrogens with one attached hydrogen (secondary N) is 1. The highest BCUT2D eigenvalue weighted by Crippen LogP contribution is 2.38. The maximum absolute atomic E-state index is 6.07. The van der Waals surface area contributed by atoms with Gasteiger partial charge < -0.3 is 9.73 Å². The van der Waals surface area contributed by atoms with Crippen LogP contribution in [-0.2, 0) is 6.42 Å². The second kappa shape index (κ2) is 6.06. The van der Waals surface area contributed by atoms with Crippen molar-refractivity contribution in [2.75, 3.05) is 6.54 Å². The van der Waals surface area contributed by atoms with Crippen LogP contribution in [0.1, 0.15) is 19.7 Å². The number of thiophene rings is 1. The van der Waals surface area contributed by atoms with E-state index in [0.717, 1.165) is 18.5 Å². The minimum Gasteiger partial charge on any atom is -0.441 e. The summed E-state index contributed by atoms with van der Waals surface area (Å²) in [6, 6.07) is 2.26. The average Bonchev–Trinajstić information content (AvgIpc) is 2.85. The third kappa shape index (κ3) is 3.48. The largest absolute Gasteiger partial charge is 0.441 e. The summed E-state index contributed by atoms with van der Waals surface area (Å²) in [6.07, 6.45) is 2.45. The van der Waals surface area contributed by atoms with Crippen molar-refractivity contribution >= 4 is 34.5 Å². The first kappa shape index (κ1) is 13.9. The summed E-state index contributed by atoms with van der Waals surface area (Å²) in [5, 5.41) is 3.31. The van der Waals surface area contributed by atoms with Crippen LogP contribution in [0.5, 0.6) is 0 Å². The van der Waals surface area contributed by atoms with Crippen LogP contribution in [0.2, 0.25) is 8.67 Å². The van der Waals surface area contributed by atoms with Crippen LogP contribution >= 0.6 is 34.5 Å². The molecule has 3 nitrogen and oxygen atoms in total. The molecule has 0 aliphatic rings. The Morgan fingerprint density at radius 2 is 2.22 bits per heavy atom. The molecule has 0 atom stereocenters. The van der Waals surface area contributed by atoms with Gasteiger partial charge in [-0.05, 0) is 6.07 Å². The number of nitrogens with zero attached hydrogens (tertiary/aromatic N) is 1. The zero-order valence-corrected chi connectivity index (χ0v) is 12.5. The zero-order valence-electron chi connectivity index (χ0n) is 10.2. The normalized spacial score (nSPS) is 11.4. The number of halogens is 2. The van der Waals surface area contributed by atoms with E-state index in [9.17, 15) is 0 Å². The van der Waals surface area contributed by atoms with Crippen molar-refractivity contribution in [3.05, 3.63) is 26.8 Å². The van der Waals surface area contributed by atoms with Gasteiger partial charge in [-0.25, -0.2) is 4.98 Å². The van der Waals surface area contributed by atoms with Gasteiger partial charge in [0.2, 0.25) is 0 Å². The minimum atomic E-state index is 0.463. The molecule has 0 unspecified atom stereocenters. The van der Waals surface area contributed by atoms with Crippen molar-refractivity contribution in [2.45, 2.75) is 26.3 Å². The van der Waals surface area contributed by atoms with E-state index in [1.807, 2.05) is 0 Å². The predicted octanol–water partition coefficient (Wildman–Crippen LogP) is 4.25. The summed E-state index contributed by atoms with van der Waals surface area (Å²) in [4.78, 5) is 4.24. The van der Waals surface area contributed by atoms with Crippen LogP contribution in [0, 0.1) is 0 Å². The second-order valence-electron chi connectivity index (χ2n) is 4.21. The summed E-state index contributed by atoms with van der Waals surface area (Å²) in [7, 11) is 0. The molecule has 2 aromatic heterocycles. The molecule has 0 amide bonds. The topological polar surface area (TPSA) is 38.1 Å². The quantitative estimate of drug-likeness (QED) is 0.897. The molecule has 0 saturated carbocycles. The van der Waals surface area contributed by atoms with E-state index in [4.69, 9.17) is 27.6 Å². The van der Waals surface area contributed by atoms with Gasteiger partial charge in [-0.15, -0.1) is 11.3 Å². The van der Waals surface area contributed by atoms with Crippen LogP contribution < -0.4 is 5.32 Å². The first-order chi connectivity index (χ1) is 8.56. The number of rotatable bonds is 5. The third-order valence-corrected chi connectivity index (χ3v) is 3.85. The SMILES string of the molecule is CC(C)NCCc1ncc(-c2cc(Cl)sc2Cl)o1. The van der Waals surface area contributed by atoms with E-state index in [0.29, 0.717) is 26.4 Å². The Morgan fingerprint density at radius 3 is 2.83 bits per heavy atom. The fraction of sp³-hybridized carbons (Fsp3) is 0.417. The third-order valence-electron chi connectivity index (χ3n) is 2.37. The molecule has 0 aliphatic heterocycles. The highest BCUT2D eigenvalue weighted by Gasteiger charge is 2.13. The number of hydrogen-bond acceptors (Lipinski definition) is 4. The molecule has 0 bridgehead atoms. The van der Waals surface area contributed by atoms with Crippen LogP contribution in [0.15, 0.2) is 16.7 Å². The molecule has 98 valence electrons. The zero-order chi connectivity index (χ0) is 13.1. The van der Waals surface area contributed by atoms with Gasteiger partial charge in [-0.3, -0.25) is 0 Å². The molecule has 6 heteroatoms. The van der Waals surface area contributed by atoms with Gasteiger partial charge in [0.1, 0.15) is 4.34 Å². The lowest BCUT2D eigenvalue weighted by Crippen LogP contribution is -2.24. The van der Waals surface area contributed by atoms with E-state index < -0.39 is 0 Å². The monoisotopic (exact) mass is 304 g/mol. The van der Waals surface area contributed by atoms with E-state index in [1.54, 1.807) is 12.3 Å². The second-order valence-corrected chi connectivity index (χ2v) is 6.50. The molecule has 2 heterocycles. The van der Waals surface area contributed by atoms with Crippen molar-refractivity contribution < 1.29 is 4.42 Å². The first-order valence-electron chi connectivity index (χ1n) is 5.69. The van der Waals surface area contributed by atoms with Crippen LogP contribution in [-0.4, -0.2) is 17.6 Å². The maximum atomic E-state index is 6.07. The van der Waals surface area contributed by atoms with Crippen LogP contribution in [0.4, 0.5) is 0 Å². The summed E-state index contributed by atoms with van der Waals surface area (Å²) in [5.41, 5.74) is 0.808. The highest BCUT2D eigenvalue weighted by molar-refractivity contribution is 7.20. The summed E-state index contributed by atoms with van der Waals surface area (Å²) in [6.45, 7) is 5.05. The van der Waals surface area contributed by atoms with Crippen LogP contribution in [0.25, 0.3) is 11.3 Å². The lowest BCUT2D eigenvalue weighted by atomic mass is 10.3. The minimum absolute atomic E-state index is 0.463. The van der Waals surface area contributed by atoms with E-state index >= 15 is 0 Å². The smallest absolute Gasteiger partial charge is 0.196 e. The average molecular weight is 305 g/mol. The Balaban J connectivity index is 2.04. The lowest BCUT2D eigenvalue weighted by molar-refractivity contribution is 0.485. The van der Waals surface area contributed by atoms with E-state index in [-0.39, 0.29) is 0 Å². The van der Waals surface area contributed by atoms with E-state index in [1.165, 1.54) is 11.3 Å². The molecule has 2 rings (SSSR count). The number of aromatic nitrogens is 1. The van der Waals surface area contributed by atoms with Crippen molar-refractivity contribution in [2.24, 2.45) is 0 Å². The van der Waals surface area contributed by atoms with Gasteiger partial charge >= 0.3 is 0 Å². The molecule has 0 aromatic carbocycles. The Kier molecular flexibility index (Phi) is 4.67. The first-order valence-corrected chi connectivity index (χ1v) is 7.27. The molecule has 0 saturated heterocycles. The van der Waals surface area contributed by atoms with Crippen molar-refractivity contribution in [3.63, 3.8) is 0 Å². The standard InChI is InChI=1S/C12H14Cl2N2OS/c1-7(2)15-4-3-11-16-6-9(17-11)8-5-10(13)18-12(8)14/h5-7,15H,3-4H2,1-2H3. The number of hydrogen-bond donors (Lipinski definition) is 1. The molecule has 0 fully saturated rings. The molecular weight excluding hydrogens is 291 g/mol. The Bertz CT molecular complexity index is 522. The molecule has 18 heavy (non-hydrogen) atoms. The Morgan fingerprint density at radius 1 is 1.44 bits per heavy atom. The fourth-order valence-corrected chi connectivity index (χ4v) is 3.00. The van der Waals surface area contributed by atoms with Gasteiger partial charge in [-0.1, -0.05) is 37.0 Å². The molecule has 2 aromatic rings. The van der Waals surface area contributed by atoms with Gasteiger partial charge in [-0.2, -0.15) is 0 Å². The summed E-state index contributed by atoms with van der Waals surface area (Å²) < 4.78 is 6.93. The van der Waals surface area contributed by atoms with Gasteiger partial charge in [0.25, 0.3) is 0 Å². The molecule has 0 aliphatic carbocycles. The summed E-state index contributed by atoms with van der Waals surface area (Å²) >= 11 is 13.3. The van der Waals surface area contributed by atoms with Gasteiger partial charge in [0.15, 0.2) is 11.7 Å². The summed E-state index contributed by atoms with van der Waals surface area (Å²) in [5.74, 6) is 1.37. The lowest BCUT2D eigenvalue weighted by Gasteiger charge is -2.05. The fourth-order valence-electron chi connectivity index (χ4n) is 1.53. The predicted molar refractivity (Wildman–Crippen MR) is 76.7 cm³/mol. The maximum Gasteiger partial charge on any atom is 0.196 e. The molecule has 1 N–H and O–H groups in total. The molecular formula is C12H14Cl2N2OS. The molecule has 0 spiro atoms. The van der Waals surface area contributed by atoms with Crippen LogP contribution in [0.3, 0.4) is 0 Å². The van der Waals surface area contributed by atoms with Gasteiger partial charge in [0, 0.05) is 24.6 Å². The van der Waals surface area contributed by atoms with Crippen molar-refractivity contribution in [1.29, 1.82) is 0 Å². The van der Waals surface area contributed by atoms with Gasteiger partial charge in [0.05, 0.1) is 10.5 Å². The number of oxazole rings is 1. The Hall–Kier alpha value is -0.550. The van der Waals surface area contributed by atoms with Crippen molar-refractivity contribution in [1.82, 2.24) is 10.3 Å². The molecule has 0 radical (unpaired) electrons. The Labute approximate surface area is 120 Å².